The predicted molar refractivity (Wildman–Crippen MR) is 73.2 cm³/mol. The summed E-state index contributed by atoms with van der Waals surface area (Å²) >= 11 is 0. The van der Waals surface area contributed by atoms with Gasteiger partial charge in [-0.25, -0.2) is 13.2 Å². The summed E-state index contributed by atoms with van der Waals surface area (Å²) in [6.45, 7) is 0. The molecule has 3 rings (SSSR count). The Balaban J connectivity index is 1.68. The van der Waals surface area contributed by atoms with Crippen LogP contribution in [0.4, 0.5) is 13.2 Å². The van der Waals surface area contributed by atoms with E-state index < -0.39 is 18.0 Å². The van der Waals surface area contributed by atoms with Crippen molar-refractivity contribution in [3.8, 4) is 0 Å². The Labute approximate surface area is 124 Å². The first-order chi connectivity index (χ1) is 10.5. The molecular formula is C15H14F3N3O. The van der Waals surface area contributed by atoms with E-state index >= 15 is 0 Å². The number of carbonyl (C=O) groups excluding carboxylic acids is 1. The van der Waals surface area contributed by atoms with Gasteiger partial charge in [0.15, 0.2) is 0 Å². The van der Waals surface area contributed by atoms with E-state index in [2.05, 4.69) is 10.4 Å². The molecule has 0 aliphatic heterocycles. The van der Waals surface area contributed by atoms with Crippen LogP contribution in [0, 0.1) is 5.82 Å². The van der Waals surface area contributed by atoms with Crippen molar-refractivity contribution in [3.63, 3.8) is 0 Å². The summed E-state index contributed by atoms with van der Waals surface area (Å²) in [4.78, 5) is 12.1. The molecule has 1 amide bonds. The van der Waals surface area contributed by atoms with Gasteiger partial charge in [0.2, 0.25) is 0 Å². The van der Waals surface area contributed by atoms with Gasteiger partial charge in [-0.05, 0) is 24.1 Å². The van der Waals surface area contributed by atoms with Crippen molar-refractivity contribution in [1.82, 2.24) is 15.1 Å². The normalized spacial score (nSPS) is 20.2. The molecule has 1 saturated carbocycles. The number of rotatable bonds is 4. The Morgan fingerprint density at radius 2 is 2.05 bits per heavy atom. The quantitative estimate of drug-likeness (QED) is 0.944. The first-order valence-electron chi connectivity index (χ1n) is 6.83. The highest BCUT2D eigenvalue weighted by atomic mass is 19.3. The van der Waals surface area contributed by atoms with E-state index in [0.717, 1.165) is 5.56 Å². The Hall–Kier alpha value is -2.31. The third kappa shape index (κ3) is 2.84. The van der Waals surface area contributed by atoms with Gasteiger partial charge in [-0.2, -0.15) is 5.10 Å². The standard InChI is InChI=1S/C15H14F3N3O/c1-21-7-11(13(20-21)14(17)18)15(22)19-12-6-10(12)8-2-4-9(16)5-3-8/h2-5,7,10,12,14H,6H2,1H3,(H,19,22). The van der Waals surface area contributed by atoms with Crippen molar-refractivity contribution in [2.45, 2.75) is 24.8 Å². The third-order valence-electron chi connectivity index (χ3n) is 3.71. The Morgan fingerprint density at radius 1 is 1.36 bits per heavy atom. The molecule has 1 fully saturated rings. The molecule has 0 spiro atoms. The molecule has 2 aromatic rings. The van der Waals surface area contributed by atoms with Gasteiger partial charge < -0.3 is 5.32 Å². The zero-order chi connectivity index (χ0) is 15.9. The summed E-state index contributed by atoms with van der Waals surface area (Å²) < 4.78 is 39.8. The second kappa shape index (κ2) is 5.47. The minimum absolute atomic E-state index is 0.0937. The number of hydrogen-bond acceptors (Lipinski definition) is 2. The molecule has 116 valence electrons. The minimum Gasteiger partial charge on any atom is -0.349 e. The van der Waals surface area contributed by atoms with Crippen LogP contribution in [-0.4, -0.2) is 21.7 Å². The van der Waals surface area contributed by atoms with Gasteiger partial charge in [-0.1, -0.05) is 12.1 Å². The molecule has 22 heavy (non-hydrogen) atoms. The molecule has 1 heterocycles. The average Bonchev–Trinajstić information content (AvgIpc) is 3.10. The van der Waals surface area contributed by atoms with Gasteiger partial charge in [0, 0.05) is 25.2 Å². The molecule has 1 aromatic carbocycles. The molecule has 1 N–H and O–H groups in total. The molecule has 1 aliphatic rings. The lowest BCUT2D eigenvalue weighted by atomic mass is 10.1. The highest BCUT2D eigenvalue weighted by molar-refractivity contribution is 5.95. The van der Waals surface area contributed by atoms with Crippen LogP contribution < -0.4 is 5.32 Å². The number of halogens is 3. The average molecular weight is 309 g/mol. The van der Waals surface area contributed by atoms with E-state index in [1.54, 1.807) is 12.1 Å². The van der Waals surface area contributed by atoms with Gasteiger partial charge in [-0.15, -0.1) is 0 Å². The Morgan fingerprint density at radius 3 is 2.68 bits per heavy atom. The summed E-state index contributed by atoms with van der Waals surface area (Å²) in [5.74, 6) is -0.781. The maximum atomic E-state index is 12.9. The van der Waals surface area contributed by atoms with Crippen LogP contribution in [0.25, 0.3) is 0 Å². The Bertz CT molecular complexity index is 697. The smallest absolute Gasteiger partial charge is 0.282 e. The van der Waals surface area contributed by atoms with Crippen molar-refractivity contribution in [2.75, 3.05) is 0 Å². The van der Waals surface area contributed by atoms with E-state index in [4.69, 9.17) is 0 Å². The van der Waals surface area contributed by atoms with E-state index in [1.165, 1.54) is 30.1 Å². The molecule has 2 atom stereocenters. The molecule has 7 heteroatoms. The fraction of sp³-hybridized carbons (Fsp3) is 0.333. The van der Waals surface area contributed by atoms with E-state index in [1.807, 2.05) is 0 Å². The van der Waals surface area contributed by atoms with Crippen LogP contribution in [0.3, 0.4) is 0 Å². The van der Waals surface area contributed by atoms with Crippen LogP contribution in [-0.2, 0) is 7.05 Å². The van der Waals surface area contributed by atoms with Crippen molar-refractivity contribution in [1.29, 1.82) is 0 Å². The maximum Gasteiger partial charge on any atom is 0.282 e. The third-order valence-corrected chi connectivity index (χ3v) is 3.71. The molecule has 2 unspecified atom stereocenters. The fourth-order valence-corrected chi connectivity index (χ4v) is 2.52. The molecule has 0 saturated heterocycles. The summed E-state index contributed by atoms with van der Waals surface area (Å²) in [6.07, 6.45) is -0.803. The zero-order valence-electron chi connectivity index (χ0n) is 11.8. The van der Waals surface area contributed by atoms with Crippen LogP contribution in [0.1, 0.15) is 40.4 Å². The highest BCUT2D eigenvalue weighted by Gasteiger charge is 2.40. The second-order valence-corrected chi connectivity index (χ2v) is 5.38. The maximum absolute atomic E-state index is 12.9. The number of carbonyl (C=O) groups is 1. The minimum atomic E-state index is -2.80. The van der Waals surface area contributed by atoms with Gasteiger partial charge in [-0.3, -0.25) is 9.48 Å². The van der Waals surface area contributed by atoms with E-state index in [-0.39, 0.29) is 23.3 Å². The number of aryl methyl sites for hydroxylation is 1. The van der Waals surface area contributed by atoms with Gasteiger partial charge in [0.05, 0.1) is 5.56 Å². The molecular weight excluding hydrogens is 295 g/mol. The SMILES string of the molecule is Cn1cc(C(=O)NC2CC2c2ccc(F)cc2)c(C(F)F)n1. The molecule has 1 aromatic heterocycles. The van der Waals surface area contributed by atoms with Gasteiger partial charge in [0.25, 0.3) is 12.3 Å². The summed E-state index contributed by atoms with van der Waals surface area (Å²) in [6, 6.07) is 5.94. The summed E-state index contributed by atoms with van der Waals surface area (Å²) in [5.41, 5.74) is 0.299. The molecule has 4 nitrogen and oxygen atoms in total. The second-order valence-electron chi connectivity index (χ2n) is 5.38. The van der Waals surface area contributed by atoms with E-state index in [9.17, 15) is 18.0 Å². The van der Waals surface area contributed by atoms with Crippen LogP contribution in [0.2, 0.25) is 0 Å². The monoisotopic (exact) mass is 309 g/mol. The lowest BCUT2D eigenvalue weighted by Gasteiger charge is -2.05. The van der Waals surface area contributed by atoms with Crippen LogP contribution in [0.15, 0.2) is 30.5 Å². The lowest BCUT2D eigenvalue weighted by Crippen LogP contribution is -2.27. The molecule has 1 aliphatic carbocycles. The van der Waals surface area contributed by atoms with E-state index in [0.29, 0.717) is 6.42 Å². The van der Waals surface area contributed by atoms with Crippen molar-refractivity contribution in [3.05, 3.63) is 53.1 Å². The van der Waals surface area contributed by atoms with Gasteiger partial charge in [0.1, 0.15) is 11.5 Å². The first kappa shape index (κ1) is 14.6. The van der Waals surface area contributed by atoms with Crippen LogP contribution >= 0.6 is 0 Å². The largest absolute Gasteiger partial charge is 0.349 e. The lowest BCUT2D eigenvalue weighted by molar-refractivity contribution is 0.0935. The number of alkyl halides is 2. The van der Waals surface area contributed by atoms with Crippen molar-refractivity contribution in [2.24, 2.45) is 7.05 Å². The molecule has 0 bridgehead atoms. The topological polar surface area (TPSA) is 46.9 Å². The zero-order valence-corrected chi connectivity index (χ0v) is 11.8. The Kier molecular flexibility index (Phi) is 3.64. The summed E-state index contributed by atoms with van der Waals surface area (Å²) in [7, 11) is 1.49. The highest BCUT2D eigenvalue weighted by Crippen LogP contribution is 2.41. The molecule has 0 radical (unpaired) electrons. The number of aromatic nitrogens is 2. The predicted octanol–water partition coefficient (Wildman–Crippen LogP) is 2.78. The summed E-state index contributed by atoms with van der Waals surface area (Å²) in [5, 5.41) is 6.33. The van der Waals surface area contributed by atoms with Crippen molar-refractivity contribution < 1.29 is 18.0 Å². The number of hydrogen-bond donors (Lipinski definition) is 1. The van der Waals surface area contributed by atoms with Crippen molar-refractivity contribution >= 4 is 5.91 Å². The number of nitrogens with zero attached hydrogens (tertiary/aromatic N) is 2. The number of nitrogens with one attached hydrogen (secondary N) is 1. The number of amides is 1. The van der Waals surface area contributed by atoms with Gasteiger partial charge >= 0.3 is 0 Å². The number of benzene rings is 1. The first-order valence-corrected chi connectivity index (χ1v) is 6.83. The fourth-order valence-electron chi connectivity index (χ4n) is 2.52. The van der Waals surface area contributed by atoms with Crippen LogP contribution in [0.5, 0.6) is 0 Å².